The maximum atomic E-state index is 12.5. The molecule has 0 aliphatic heterocycles. The molecular weight excluding hydrogens is 221 g/mol. The highest BCUT2D eigenvalue weighted by Gasteiger charge is 2.43. The molecule has 0 saturated carbocycles. The molecule has 0 saturated heterocycles. The van der Waals surface area contributed by atoms with Crippen molar-refractivity contribution in [1.82, 2.24) is 0 Å². The van der Waals surface area contributed by atoms with Crippen molar-refractivity contribution >= 4 is 0 Å². The molecular formula is C11H21F3O2. The Morgan fingerprint density at radius 3 is 2.06 bits per heavy atom. The minimum absolute atomic E-state index is 0.102. The van der Waals surface area contributed by atoms with Gasteiger partial charge in [0.25, 0.3) is 0 Å². The summed E-state index contributed by atoms with van der Waals surface area (Å²) in [5.41, 5.74) is 0. The first kappa shape index (κ1) is 15.7. The van der Waals surface area contributed by atoms with Crippen molar-refractivity contribution in [2.75, 3.05) is 6.61 Å². The molecule has 0 rings (SSSR count). The lowest BCUT2D eigenvalue weighted by atomic mass is 9.95. The average Bonchev–Trinajstić information content (AvgIpc) is 2.20. The van der Waals surface area contributed by atoms with E-state index >= 15 is 0 Å². The summed E-state index contributed by atoms with van der Waals surface area (Å²) in [6, 6.07) is 0. The summed E-state index contributed by atoms with van der Waals surface area (Å²) in [5, 5.41) is 17.6. The first-order chi connectivity index (χ1) is 7.43. The van der Waals surface area contributed by atoms with Crippen LogP contribution in [-0.4, -0.2) is 29.1 Å². The Morgan fingerprint density at radius 1 is 1.06 bits per heavy atom. The Balaban J connectivity index is 3.94. The first-order valence-electron chi connectivity index (χ1n) is 5.79. The van der Waals surface area contributed by atoms with E-state index in [4.69, 9.17) is 10.2 Å². The second-order valence-corrected chi connectivity index (χ2v) is 4.10. The van der Waals surface area contributed by atoms with Crippen LogP contribution in [0.2, 0.25) is 0 Å². The minimum atomic E-state index is -4.42. The lowest BCUT2D eigenvalue weighted by Gasteiger charge is -2.23. The molecule has 2 N–H and O–H groups in total. The van der Waals surface area contributed by atoms with E-state index in [1.807, 2.05) is 6.92 Å². The normalized spacial score (nSPS) is 16.1. The second kappa shape index (κ2) is 7.90. The molecule has 0 amide bonds. The van der Waals surface area contributed by atoms with Gasteiger partial charge in [0.05, 0.1) is 18.6 Å². The SMILES string of the molecule is CCCCCCC[C@H]([C@H](O)CO)C(F)(F)F. The fourth-order valence-electron chi connectivity index (χ4n) is 1.67. The molecule has 0 bridgehead atoms. The molecule has 16 heavy (non-hydrogen) atoms. The molecule has 0 aliphatic rings. The Hall–Kier alpha value is -0.290. The molecule has 0 aromatic rings. The van der Waals surface area contributed by atoms with Gasteiger partial charge in [-0.25, -0.2) is 0 Å². The van der Waals surface area contributed by atoms with E-state index in [-0.39, 0.29) is 6.42 Å². The van der Waals surface area contributed by atoms with Crippen LogP contribution in [0.15, 0.2) is 0 Å². The van der Waals surface area contributed by atoms with Gasteiger partial charge in [-0.1, -0.05) is 39.0 Å². The third kappa shape index (κ3) is 6.33. The first-order valence-corrected chi connectivity index (χ1v) is 5.79. The zero-order valence-corrected chi connectivity index (χ0v) is 9.63. The van der Waals surface area contributed by atoms with Gasteiger partial charge < -0.3 is 10.2 Å². The van der Waals surface area contributed by atoms with Crippen LogP contribution in [0.25, 0.3) is 0 Å². The van der Waals surface area contributed by atoms with Crippen LogP contribution < -0.4 is 0 Å². The van der Waals surface area contributed by atoms with Crippen molar-refractivity contribution in [3.63, 3.8) is 0 Å². The molecule has 2 nitrogen and oxygen atoms in total. The van der Waals surface area contributed by atoms with Crippen molar-refractivity contribution in [1.29, 1.82) is 0 Å². The largest absolute Gasteiger partial charge is 0.394 e. The summed E-state index contributed by atoms with van der Waals surface area (Å²) >= 11 is 0. The van der Waals surface area contributed by atoms with Crippen molar-refractivity contribution in [2.24, 2.45) is 5.92 Å². The number of hydrogen-bond donors (Lipinski definition) is 2. The van der Waals surface area contributed by atoms with E-state index in [1.165, 1.54) is 0 Å². The van der Waals surface area contributed by atoms with E-state index in [9.17, 15) is 13.2 Å². The smallest absolute Gasteiger partial charge is 0.394 e. The molecule has 0 aliphatic carbocycles. The monoisotopic (exact) mass is 242 g/mol. The van der Waals surface area contributed by atoms with Gasteiger partial charge in [0.15, 0.2) is 0 Å². The highest BCUT2D eigenvalue weighted by molar-refractivity contribution is 4.75. The number of hydrogen-bond acceptors (Lipinski definition) is 2. The summed E-state index contributed by atoms with van der Waals surface area (Å²) in [6.45, 7) is 1.20. The lowest BCUT2D eigenvalue weighted by Crippen LogP contribution is -2.36. The molecule has 98 valence electrons. The zero-order valence-electron chi connectivity index (χ0n) is 9.63. The van der Waals surface area contributed by atoms with Crippen molar-refractivity contribution < 1.29 is 23.4 Å². The third-order valence-electron chi connectivity index (χ3n) is 2.69. The summed E-state index contributed by atoms with van der Waals surface area (Å²) in [6.07, 6.45) is -2.02. The van der Waals surface area contributed by atoms with Gasteiger partial charge in [-0.2, -0.15) is 13.2 Å². The number of alkyl halides is 3. The topological polar surface area (TPSA) is 40.5 Å². The third-order valence-corrected chi connectivity index (χ3v) is 2.69. The van der Waals surface area contributed by atoms with Crippen LogP contribution in [0.3, 0.4) is 0 Å². The molecule has 0 fully saturated rings. The molecule has 0 radical (unpaired) electrons. The minimum Gasteiger partial charge on any atom is -0.394 e. The Labute approximate surface area is 94.5 Å². The predicted molar refractivity (Wildman–Crippen MR) is 56.0 cm³/mol. The fraction of sp³-hybridized carbons (Fsp3) is 1.00. The van der Waals surface area contributed by atoms with E-state index in [1.54, 1.807) is 0 Å². The summed E-state index contributed by atoms with van der Waals surface area (Å²) < 4.78 is 37.4. The van der Waals surface area contributed by atoms with Gasteiger partial charge in [0.2, 0.25) is 0 Å². The number of unbranched alkanes of at least 4 members (excludes halogenated alkanes) is 4. The van der Waals surface area contributed by atoms with Crippen LogP contribution in [0.5, 0.6) is 0 Å². The number of rotatable bonds is 8. The second-order valence-electron chi connectivity index (χ2n) is 4.10. The molecule has 0 heterocycles. The van der Waals surface area contributed by atoms with Gasteiger partial charge >= 0.3 is 6.18 Å². The van der Waals surface area contributed by atoms with Crippen LogP contribution in [0.4, 0.5) is 13.2 Å². The summed E-state index contributed by atoms with van der Waals surface area (Å²) in [4.78, 5) is 0. The summed E-state index contributed by atoms with van der Waals surface area (Å²) in [7, 11) is 0. The van der Waals surface area contributed by atoms with Crippen LogP contribution in [0, 0.1) is 5.92 Å². The Kier molecular flexibility index (Phi) is 7.76. The van der Waals surface area contributed by atoms with Crippen LogP contribution in [-0.2, 0) is 0 Å². The average molecular weight is 242 g/mol. The van der Waals surface area contributed by atoms with Gasteiger partial charge in [-0.15, -0.1) is 0 Å². The van der Waals surface area contributed by atoms with Gasteiger partial charge in [0, 0.05) is 0 Å². The number of aliphatic hydroxyl groups excluding tert-OH is 2. The van der Waals surface area contributed by atoms with Crippen LogP contribution in [0.1, 0.15) is 45.4 Å². The maximum Gasteiger partial charge on any atom is 0.394 e. The van der Waals surface area contributed by atoms with E-state index in [0.29, 0.717) is 6.42 Å². The molecule has 0 unspecified atom stereocenters. The molecule has 0 spiro atoms. The highest BCUT2D eigenvalue weighted by atomic mass is 19.4. The highest BCUT2D eigenvalue weighted by Crippen LogP contribution is 2.33. The Morgan fingerprint density at radius 2 is 1.62 bits per heavy atom. The van der Waals surface area contributed by atoms with Crippen LogP contribution >= 0.6 is 0 Å². The van der Waals surface area contributed by atoms with Gasteiger partial charge in [-0.3, -0.25) is 0 Å². The Bertz CT molecular complexity index is 171. The molecule has 2 atom stereocenters. The van der Waals surface area contributed by atoms with Crippen molar-refractivity contribution in [3.8, 4) is 0 Å². The molecule has 5 heteroatoms. The maximum absolute atomic E-state index is 12.5. The lowest BCUT2D eigenvalue weighted by molar-refractivity contribution is -0.206. The molecule has 0 aromatic carbocycles. The van der Waals surface area contributed by atoms with E-state index < -0.39 is 24.8 Å². The quantitative estimate of drug-likeness (QED) is 0.642. The van der Waals surface area contributed by atoms with Gasteiger partial charge in [-0.05, 0) is 6.42 Å². The molecule has 0 aromatic heterocycles. The van der Waals surface area contributed by atoms with E-state index in [2.05, 4.69) is 0 Å². The number of aliphatic hydroxyl groups is 2. The summed E-state index contributed by atoms with van der Waals surface area (Å²) in [5.74, 6) is -1.79. The van der Waals surface area contributed by atoms with E-state index in [0.717, 1.165) is 25.7 Å². The fourth-order valence-corrected chi connectivity index (χ4v) is 1.67. The standard InChI is InChI=1S/C11H21F3O2/c1-2-3-4-5-6-7-9(10(16)8-15)11(12,13)14/h9-10,15-16H,2-8H2,1H3/t9-,10-/m1/s1. The van der Waals surface area contributed by atoms with Gasteiger partial charge in [0.1, 0.15) is 0 Å². The number of halogens is 3. The zero-order chi connectivity index (χ0) is 12.6. The van der Waals surface area contributed by atoms with Crippen molar-refractivity contribution in [3.05, 3.63) is 0 Å². The van der Waals surface area contributed by atoms with Crippen molar-refractivity contribution in [2.45, 2.75) is 57.7 Å². The predicted octanol–water partition coefficient (Wildman–Crippen LogP) is 2.88.